The Morgan fingerprint density at radius 1 is 0.914 bits per heavy atom. The molecule has 0 radical (unpaired) electrons. The number of hydrogen-bond acceptors (Lipinski definition) is 5. The molecule has 0 aliphatic carbocycles. The molecule has 12 heteroatoms. The third kappa shape index (κ3) is 4.32. The molecule has 7 nitrogen and oxygen atoms in total. The van der Waals surface area contributed by atoms with Gasteiger partial charge in [0.25, 0.3) is 0 Å². The standard InChI is InChI=1S/C23H21F5N6O/c24-16-4-3-15(10-17(16)25)34-21(35)2-1-5-22(34)6-8-32(9-7-22)19-11-20(30-13-29-19)33-12-18(31-14-33)23(26,27)28/h3-4,10-14H,1-2,5-9H2. The number of benzene rings is 1. The maximum atomic E-state index is 13.9. The SMILES string of the molecule is O=C1CCCC2(CCN(c3cc(-n4cnc(C(F)(F)F)c4)ncn3)CC2)N1c1ccc(F)c(F)c1. The summed E-state index contributed by atoms with van der Waals surface area (Å²) in [6.07, 6.45) is 1.55. The van der Waals surface area contributed by atoms with Crippen LogP contribution in [0.1, 0.15) is 37.8 Å². The summed E-state index contributed by atoms with van der Waals surface area (Å²) < 4.78 is 67.3. The minimum atomic E-state index is -4.56. The van der Waals surface area contributed by atoms with Gasteiger partial charge in [-0.2, -0.15) is 13.2 Å². The first kappa shape index (κ1) is 23.2. The van der Waals surface area contributed by atoms with Gasteiger partial charge in [0.15, 0.2) is 17.3 Å². The van der Waals surface area contributed by atoms with E-state index in [-0.39, 0.29) is 11.7 Å². The molecule has 0 unspecified atom stereocenters. The number of halogens is 5. The molecule has 1 spiro atoms. The highest BCUT2D eigenvalue weighted by atomic mass is 19.4. The summed E-state index contributed by atoms with van der Waals surface area (Å²) >= 11 is 0. The van der Waals surface area contributed by atoms with Crippen LogP contribution in [0.2, 0.25) is 0 Å². The van der Waals surface area contributed by atoms with Gasteiger partial charge in [0, 0.05) is 43.5 Å². The van der Waals surface area contributed by atoms with Gasteiger partial charge >= 0.3 is 6.18 Å². The molecule has 0 N–H and O–H groups in total. The minimum absolute atomic E-state index is 0.124. The monoisotopic (exact) mass is 492 g/mol. The Morgan fingerprint density at radius 2 is 1.66 bits per heavy atom. The fraction of sp³-hybridized carbons (Fsp3) is 0.391. The van der Waals surface area contributed by atoms with Crippen molar-refractivity contribution in [2.45, 2.75) is 43.8 Å². The Bertz CT molecular complexity index is 1250. The second kappa shape index (κ2) is 8.58. The van der Waals surface area contributed by atoms with Crippen molar-refractivity contribution in [1.82, 2.24) is 19.5 Å². The van der Waals surface area contributed by atoms with E-state index in [9.17, 15) is 26.7 Å². The summed E-state index contributed by atoms with van der Waals surface area (Å²) in [6, 6.07) is 5.09. The predicted octanol–water partition coefficient (Wildman–Crippen LogP) is 4.52. The van der Waals surface area contributed by atoms with Gasteiger partial charge in [-0.25, -0.2) is 23.7 Å². The number of anilines is 2. The van der Waals surface area contributed by atoms with Gasteiger partial charge in [-0.3, -0.25) is 9.36 Å². The average molecular weight is 492 g/mol. The summed E-state index contributed by atoms with van der Waals surface area (Å²) in [7, 11) is 0. The van der Waals surface area contributed by atoms with Gasteiger partial charge in [-0.15, -0.1) is 0 Å². The molecule has 35 heavy (non-hydrogen) atoms. The zero-order valence-electron chi connectivity index (χ0n) is 18.5. The molecule has 2 fully saturated rings. The zero-order chi connectivity index (χ0) is 24.8. The Morgan fingerprint density at radius 3 is 2.34 bits per heavy atom. The number of carbonyl (C=O) groups excluding carboxylic acids is 1. The van der Waals surface area contributed by atoms with Gasteiger partial charge in [0.1, 0.15) is 24.3 Å². The maximum absolute atomic E-state index is 13.9. The summed E-state index contributed by atoms with van der Waals surface area (Å²) in [5.74, 6) is -1.32. The van der Waals surface area contributed by atoms with Crippen molar-refractivity contribution >= 4 is 17.4 Å². The molecule has 184 valence electrons. The number of alkyl halides is 3. The van der Waals surface area contributed by atoms with Crippen LogP contribution in [0.5, 0.6) is 0 Å². The van der Waals surface area contributed by atoms with Gasteiger partial charge < -0.3 is 9.80 Å². The van der Waals surface area contributed by atoms with Crippen LogP contribution in [0.25, 0.3) is 5.82 Å². The van der Waals surface area contributed by atoms with Crippen LogP contribution in [0, 0.1) is 11.6 Å². The van der Waals surface area contributed by atoms with Crippen molar-refractivity contribution in [1.29, 1.82) is 0 Å². The van der Waals surface area contributed by atoms with Crippen molar-refractivity contribution in [2.75, 3.05) is 22.9 Å². The zero-order valence-corrected chi connectivity index (χ0v) is 18.5. The van der Waals surface area contributed by atoms with Gasteiger partial charge in [0.05, 0.1) is 5.54 Å². The highest BCUT2D eigenvalue weighted by Gasteiger charge is 2.45. The fourth-order valence-electron chi connectivity index (χ4n) is 4.97. The minimum Gasteiger partial charge on any atom is -0.356 e. The average Bonchev–Trinajstić information content (AvgIpc) is 3.33. The Balaban J connectivity index is 1.36. The number of rotatable bonds is 3. The van der Waals surface area contributed by atoms with E-state index in [4.69, 9.17) is 0 Å². The Labute approximate surface area is 197 Å². The lowest BCUT2D eigenvalue weighted by Gasteiger charge is -2.51. The number of piperidine rings is 2. The molecule has 0 atom stereocenters. The normalized spacial score (nSPS) is 18.4. The van der Waals surface area contributed by atoms with E-state index in [1.807, 2.05) is 4.90 Å². The van der Waals surface area contributed by atoms with Gasteiger partial charge in [0.2, 0.25) is 5.91 Å². The summed E-state index contributed by atoms with van der Waals surface area (Å²) in [5.41, 5.74) is -1.21. The molecule has 3 aromatic rings. The van der Waals surface area contributed by atoms with Crippen LogP contribution in [-0.2, 0) is 11.0 Å². The largest absolute Gasteiger partial charge is 0.434 e. The third-order valence-electron chi connectivity index (χ3n) is 6.71. The number of amides is 1. The van der Waals surface area contributed by atoms with Crippen LogP contribution in [0.4, 0.5) is 33.5 Å². The molecule has 4 heterocycles. The second-order valence-corrected chi connectivity index (χ2v) is 8.79. The van der Waals surface area contributed by atoms with E-state index in [2.05, 4.69) is 15.0 Å². The third-order valence-corrected chi connectivity index (χ3v) is 6.71. The first-order valence-electron chi connectivity index (χ1n) is 11.1. The van der Waals surface area contributed by atoms with Crippen LogP contribution in [0.3, 0.4) is 0 Å². The highest BCUT2D eigenvalue weighted by Crippen LogP contribution is 2.42. The second-order valence-electron chi connectivity index (χ2n) is 8.79. The van der Waals surface area contributed by atoms with Gasteiger partial charge in [-0.05, 0) is 37.8 Å². The van der Waals surface area contributed by atoms with Crippen molar-refractivity contribution in [2.24, 2.45) is 0 Å². The molecule has 0 saturated carbocycles. The molecule has 2 saturated heterocycles. The maximum Gasteiger partial charge on any atom is 0.434 e. The van der Waals surface area contributed by atoms with Crippen molar-refractivity contribution < 1.29 is 26.7 Å². The molecule has 2 aliphatic rings. The number of nitrogens with zero attached hydrogens (tertiary/aromatic N) is 6. The van der Waals surface area contributed by atoms with Crippen molar-refractivity contribution in [3.05, 3.63) is 60.4 Å². The number of hydrogen-bond donors (Lipinski definition) is 0. The predicted molar refractivity (Wildman–Crippen MR) is 116 cm³/mol. The molecule has 0 bridgehead atoms. The van der Waals surface area contributed by atoms with Crippen LogP contribution in [-0.4, -0.2) is 44.1 Å². The van der Waals surface area contributed by atoms with Gasteiger partial charge in [-0.1, -0.05) is 0 Å². The Kier molecular flexibility index (Phi) is 5.68. The Hall–Kier alpha value is -3.57. The van der Waals surface area contributed by atoms with Crippen LogP contribution < -0.4 is 9.80 Å². The van der Waals surface area contributed by atoms with E-state index in [0.717, 1.165) is 31.1 Å². The highest BCUT2D eigenvalue weighted by molar-refractivity contribution is 5.95. The lowest BCUT2D eigenvalue weighted by Crippen LogP contribution is -2.60. The molecular weight excluding hydrogens is 471 g/mol. The van der Waals surface area contributed by atoms with E-state index in [1.165, 1.54) is 17.0 Å². The van der Waals surface area contributed by atoms with Crippen LogP contribution >= 0.6 is 0 Å². The number of carbonyl (C=O) groups is 1. The summed E-state index contributed by atoms with van der Waals surface area (Å²) in [4.78, 5) is 28.2. The van der Waals surface area contributed by atoms with E-state index in [1.54, 1.807) is 11.0 Å². The molecule has 1 aromatic carbocycles. The molecule has 2 aromatic heterocycles. The summed E-state index contributed by atoms with van der Waals surface area (Å²) in [6.45, 7) is 1.03. The lowest BCUT2D eigenvalue weighted by atomic mass is 9.78. The summed E-state index contributed by atoms with van der Waals surface area (Å²) in [5, 5.41) is 0. The smallest absolute Gasteiger partial charge is 0.356 e. The number of aromatic nitrogens is 4. The van der Waals surface area contributed by atoms with E-state index >= 15 is 0 Å². The van der Waals surface area contributed by atoms with Crippen molar-refractivity contribution in [3.8, 4) is 5.82 Å². The lowest BCUT2D eigenvalue weighted by molar-refractivity contribution is -0.140. The van der Waals surface area contributed by atoms with E-state index < -0.39 is 29.0 Å². The number of imidazole rings is 1. The van der Waals surface area contributed by atoms with Crippen molar-refractivity contribution in [3.63, 3.8) is 0 Å². The fourth-order valence-corrected chi connectivity index (χ4v) is 4.97. The van der Waals surface area contributed by atoms with Crippen LogP contribution in [0.15, 0.2) is 43.1 Å². The van der Waals surface area contributed by atoms with E-state index in [0.29, 0.717) is 50.3 Å². The first-order valence-corrected chi connectivity index (χ1v) is 11.1. The quantitative estimate of drug-likeness (QED) is 0.504. The molecule has 5 rings (SSSR count). The molecule has 2 aliphatic heterocycles. The first-order chi connectivity index (χ1) is 16.7. The topological polar surface area (TPSA) is 67.2 Å². The molecular formula is C23H21F5N6O. The molecule has 1 amide bonds.